The highest BCUT2D eigenvalue weighted by atomic mass is 16.6. The maximum atomic E-state index is 11.9. The Morgan fingerprint density at radius 2 is 1.62 bits per heavy atom. The lowest BCUT2D eigenvalue weighted by Crippen LogP contribution is -2.39. The summed E-state index contributed by atoms with van der Waals surface area (Å²) in [5, 5.41) is 15.6. The molecule has 2 N–H and O–H groups in total. The predicted octanol–water partition coefficient (Wildman–Crippen LogP) is 1.61. The molecule has 0 saturated carbocycles. The highest BCUT2D eigenvalue weighted by Gasteiger charge is 2.30. The summed E-state index contributed by atoms with van der Waals surface area (Å²) in [4.78, 5) is 35.3. The van der Waals surface area contributed by atoms with E-state index in [-0.39, 0.29) is 12.1 Å². The first-order valence-electron chi connectivity index (χ1n) is 9.39. The smallest absolute Gasteiger partial charge is 0.410 e. The van der Waals surface area contributed by atoms with Gasteiger partial charge in [-0.05, 0) is 12.0 Å². The topological polar surface area (TPSA) is 117 Å². The highest BCUT2D eigenvalue weighted by Crippen LogP contribution is 2.27. The Morgan fingerprint density at radius 1 is 1.00 bits per heavy atom. The maximum Gasteiger partial charge on any atom is 0.410 e. The maximum absolute atomic E-state index is 11.9. The van der Waals surface area contributed by atoms with Crippen LogP contribution in [0.5, 0.6) is 0 Å². The van der Waals surface area contributed by atoms with E-state index in [4.69, 9.17) is 19.7 Å². The van der Waals surface area contributed by atoms with Crippen LogP contribution in [-0.2, 0) is 19.1 Å². The van der Waals surface area contributed by atoms with Crippen molar-refractivity contribution >= 4 is 18.0 Å². The molecule has 1 atom stereocenters. The van der Waals surface area contributed by atoms with Crippen molar-refractivity contribution in [1.82, 2.24) is 9.80 Å². The molecule has 9 nitrogen and oxygen atoms in total. The van der Waals surface area contributed by atoms with Crippen LogP contribution in [0.1, 0.15) is 18.0 Å². The Bertz CT molecular complexity index is 686. The number of rotatable bonds is 7. The van der Waals surface area contributed by atoms with Crippen molar-refractivity contribution in [2.45, 2.75) is 12.5 Å². The van der Waals surface area contributed by atoms with Gasteiger partial charge in [-0.15, -0.1) is 0 Å². The molecule has 2 heterocycles. The molecule has 1 aromatic carbocycles. The minimum Gasteiger partial charge on any atom is -0.478 e. The van der Waals surface area contributed by atoms with Gasteiger partial charge < -0.3 is 19.7 Å². The van der Waals surface area contributed by atoms with E-state index < -0.39 is 11.9 Å². The molecule has 1 unspecified atom stereocenters. The van der Waals surface area contributed by atoms with Crippen molar-refractivity contribution in [2.24, 2.45) is 0 Å². The molecule has 158 valence electrons. The molecule has 2 aliphatic rings. The number of aliphatic carboxylic acids is 2. The Morgan fingerprint density at radius 3 is 2.14 bits per heavy atom. The van der Waals surface area contributed by atoms with Gasteiger partial charge >= 0.3 is 18.0 Å². The molecule has 0 aliphatic carbocycles. The van der Waals surface area contributed by atoms with Gasteiger partial charge in [-0.25, -0.2) is 14.4 Å². The van der Waals surface area contributed by atoms with Crippen molar-refractivity contribution < 1.29 is 34.1 Å². The minimum absolute atomic E-state index is 0.101. The largest absolute Gasteiger partial charge is 0.478 e. The summed E-state index contributed by atoms with van der Waals surface area (Å²) in [5.41, 5.74) is 1.18. The molecule has 9 heteroatoms. The van der Waals surface area contributed by atoms with Crippen molar-refractivity contribution in [3.63, 3.8) is 0 Å². The van der Waals surface area contributed by atoms with Crippen LogP contribution < -0.4 is 0 Å². The van der Waals surface area contributed by atoms with Crippen LogP contribution in [0.3, 0.4) is 0 Å². The Balaban J connectivity index is 0.000000321. The summed E-state index contributed by atoms with van der Waals surface area (Å²) in [6.45, 7) is 5.73. The van der Waals surface area contributed by atoms with E-state index in [2.05, 4.69) is 17.0 Å². The van der Waals surface area contributed by atoms with Crippen molar-refractivity contribution in [3.8, 4) is 0 Å². The summed E-state index contributed by atoms with van der Waals surface area (Å²) in [6.07, 6.45) is 1.86. The molecular weight excluding hydrogens is 380 g/mol. The van der Waals surface area contributed by atoms with E-state index in [0.717, 1.165) is 39.3 Å². The number of amides is 1. The quantitative estimate of drug-likeness (QED) is 0.656. The number of hydrogen-bond donors (Lipinski definition) is 2. The number of benzene rings is 1. The Hall–Kier alpha value is -2.91. The summed E-state index contributed by atoms with van der Waals surface area (Å²) in [5.74, 6) is -2.51. The zero-order valence-electron chi connectivity index (χ0n) is 16.1. The van der Waals surface area contributed by atoms with Gasteiger partial charge in [-0.2, -0.15) is 0 Å². The number of ether oxygens (including phenoxy) is 2. The molecule has 3 rings (SSSR count). The van der Waals surface area contributed by atoms with E-state index in [1.165, 1.54) is 5.56 Å². The van der Waals surface area contributed by atoms with Gasteiger partial charge in [0.15, 0.2) is 0 Å². The summed E-state index contributed by atoms with van der Waals surface area (Å²) >= 11 is 0. The van der Waals surface area contributed by atoms with Crippen LogP contribution in [0.4, 0.5) is 4.79 Å². The lowest BCUT2D eigenvalue weighted by Gasteiger charge is -2.31. The lowest BCUT2D eigenvalue weighted by molar-refractivity contribution is -0.134. The number of morpholine rings is 1. The van der Waals surface area contributed by atoms with E-state index >= 15 is 0 Å². The molecule has 1 aromatic rings. The molecule has 0 spiro atoms. The molecule has 2 fully saturated rings. The second-order valence-electron chi connectivity index (χ2n) is 6.49. The van der Waals surface area contributed by atoms with Crippen LogP contribution in [0.25, 0.3) is 0 Å². The highest BCUT2D eigenvalue weighted by molar-refractivity contribution is 5.89. The fourth-order valence-electron chi connectivity index (χ4n) is 3.14. The number of carboxylic acid groups (broad SMARTS) is 2. The van der Waals surface area contributed by atoms with Gasteiger partial charge in [-0.3, -0.25) is 9.80 Å². The van der Waals surface area contributed by atoms with Gasteiger partial charge in [0.25, 0.3) is 0 Å². The van der Waals surface area contributed by atoms with Crippen LogP contribution in [-0.4, -0.2) is 84.0 Å². The fourth-order valence-corrected chi connectivity index (χ4v) is 3.14. The van der Waals surface area contributed by atoms with Gasteiger partial charge in [0.1, 0.15) is 6.61 Å². The average Bonchev–Trinajstić information content (AvgIpc) is 3.14. The lowest BCUT2D eigenvalue weighted by atomic mass is 10.0. The molecule has 2 aliphatic heterocycles. The van der Waals surface area contributed by atoms with Gasteiger partial charge in [0.2, 0.25) is 0 Å². The molecular formula is C20H26N2O7. The normalized spacial score (nSPS) is 18.1. The Kier molecular flexibility index (Phi) is 9.13. The molecule has 0 aromatic heterocycles. The average molecular weight is 406 g/mol. The number of nitrogens with zero attached hydrogens (tertiary/aromatic N) is 2. The van der Waals surface area contributed by atoms with Crippen molar-refractivity contribution in [2.75, 3.05) is 46.0 Å². The zero-order valence-corrected chi connectivity index (χ0v) is 16.1. The standard InChI is InChI=1S/C16H22N2O3.C4H4O4/c19-16-18(10-13-21-16)15(14-4-2-1-3-5-14)6-7-17-8-11-20-12-9-17;5-3(6)1-2-4(7)8/h1-5,15H,6-13H2;1-2H,(H,5,6)(H,7,8). The summed E-state index contributed by atoms with van der Waals surface area (Å²) in [7, 11) is 0. The molecule has 29 heavy (non-hydrogen) atoms. The first-order chi connectivity index (χ1) is 14.0. The third-order valence-corrected chi connectivity index (χ3v) is 4.54. The van der Waals surface area contributed by atoms with Crippen molar-refractivity contribution in [1.29, 1.82) is 0 Å². The first kappa shape index (κ1) is 22.4. The molecule has 2 saturated heterocycles. The second-order valence-corrected chi connectivity index (χ2v) is 6.49. The number of carboxylic acids is 2. The molecule has 1 amide bonds. The van der Waals surface area contributed by atoms with Crippen molar-refractivity contribution in [3.05, 3.63) is 48.0 Å². The second kappa shape index (κ2) is 11.8. The van der Waals surface area contributed by atoms with Crippen LogP contribution in [0.15, 0.2) is 42.5 Å². The third kappa shape index (κ3) is 7.92. The van der Waals surface area contributed by atoms with E-state index in [0.29, 0.717) is 25.3 Å². The van der Waals surface area contributed by atoms with E-state index in [9.17, 15) is 14.4 Å². The predicted molar refractivity (Wildman–Crippen MR) is 104 cm³/mol. The van der Waals surface area contributed by atoms with Gasteiger partial charge in [0, 0.05) is 31.8 Å². The van der Waals surface area contributed by atoms with Gasteiger partial charge in [0.05, 0.1) is 25.8 Å². The molecule has 0 radical (unpaired) electrons. The van der Waals surface area contributed by atoms with Crippen LogP contribution in [0, 0.1) is 0 Å². The number of cyclic esters (lactones) is 1. The van der Waals surface area contributed by atoms with Gasteiger partial charge in [-0.1, -0.05) is 30.3 Å². The number of hydrogen-bond acceptors (Lipinski definition) is 6. The minimum atomic E-state index is -1.26. The monoisotopic (exact) mass is 406 g/mol. The number of carbonyl (C=O) groups is 3. The SMILES string of the molecule is O=C(O)C=CC(=O)O.O=C1OCCN1C(CCN1CCOCC1)c1ccccc1. The zero-order chi connectivity index (χ0) is 21.1. The first-order valence-corrected chi connectivity index (χ1v) is 9.39. The summed E-state index contributed by atoms with van der Waals surface area (Å²) in [6, 6.07) is 10.3. The third-order valence-electron chi connectivity index (χ3n) is 4.54. The van der Waals surface area contributed by atoms with E-state index in [1.54, 1.807) is 0 Å². The fraction of sp³-hybridized carbons (Fsp3) is 0.450. The summed E-state index contributed by atoms with van der Waals surface area (Å²) < 4.78 is 10.5. The van der Waals surface area contributed by atoms with Crippen LogP contribution in [0.2, 0.25) is 0 Å². The molecule has 0 bridgehead atoms. The number of carbonyl (C=O) groups excluding carboxylic acids is 1. The Labute approximate surface area is 169 Å². The van der Waals surface area contributed by atoms with E-state index in [1.807, 2.05) is 23.1 Å². The van der Waals surface area contributed by atoms with Crippen LogP contribution >= 0.6 is 0 Å².